The van der Waals surface area contributed by atoms with E-state index in [0.29, 0.717) is 17.3 Å². The number of carbonyl (C=O) groups excluding carboxylic acids is 2. The third-order valence-electron chi connectivity index (χ3n) is 3.33. The molecule has 0 radical (unpaired) electrons. The lowest BCUT2D eigenvalue weighted by Gasteiger charge is -2.16. The van der Waals surface area contributed by atoms with E-state index >= 15 is 0 Å². The van der Waals surface area contributed by atoms with Crippen molar-refractivity contribution in [3.05, 3.63) is 17.0 Å². The maximum Gasteiger partial charge on any atom is 0.244 e. The van der Waals surface area contributed by atoms with Crippen LogP contribution in [0.25, 0.3) is 0 Å². The van der Waals surface area contributed by atoms with E-state index in [0.717, 1.165) is 24.8 Å². The van der Waals surface area contributed by atoms with Crippen molar-refractivity contribution in [2.75, 3.05) is 7.05 Å². The molecule has 0 spiro atoms. The van der Waals surface area contributed by atoms with Crippen molar-refractivity contribution in [2.45, 2.75) is 39.3 Å². The highest BCUT2D eigenvalue weighted by atomic mass is 16.2. The van der Waals surface area contributed by atoms with Crippen LogP contribution in [-0.4, -0.2) is 40.0 Å². The van der Waals surface area contributed by atoms with Crippen molar-refractivity contribution in [1.82, 2.24) is 14.7 Å². The Balaban J connectivity index is 2.12. The Kier molecular flexibility index (Phi) is 3.00. The van der Waals surface area contributed by atoms with E-state index in [1.54, 1.807) is 16.5 Å². The first kappa shape index (κ1) is 11.8. The molecule has 17 heavy (non-hydrogen) atoms. The number of carbonyl (C=O) groups is 2. The first-order valence-corrected chi connectivity index (χ1v) is 5.79. The summed E-state index contributed by atoms with van der Waals surface area (Å²) < 4.78 is 1.61. The topological polar surface area (TPSA) is 55.2 Å². The quantitative estimate of drug-likeness (QED) is 0.730. The molecule has 0 N–H and O–H groups in total. The van der Waals surface area contributed by atoms with Gasteiger partial charge in [0.15, 0.2) is 6.29 Å². The van der Waals surface area contributed by atoms with E-state index < -0.39 is 0 Å². The Labute approximate surface area is 100 Å². The number of aryl methyl sites for hydroxylation is 1. The zero-order valence-electron chi connectivity index (χ0n) is 10.4. The van der Waals surface area contributed by atoms with Crippen LogP contribution in [0.5, 0.6) is 0 Å². The molecule has 5 nitrogen and oxygen atoms in total. The van der Waals surface area contributed by atoms with Gasteiger partial charge in [-0.1, -0.05) is 0 Å². The van der Waals surface area contributed by atoms with Crippen molar-refractivity contribution in [1.29, 1.82) is 0 Å². The van der Waals surface area contributed by atoms with Crippen LogP contribution in [0.1, 0.15) is 34.6 Å². The van der Waals surface area contributed by atoms with Crippen LogP contribution in [0.2, 0.25) is 0 Å². The fraction of sp³-hybridized carbons (Fsp3) is 0.583. The number of likely N-dealkylation sites (N-methyl/N-ethyl adjacent to an activating group) is 1. The normalized spacial score (nSPS) is 14.8. The lowest BCUT2D eigenvalue weighted by Crippen LogP contribution is -2.32. The molecule has 1 aliphatic carbocycles. The van der Waals surface area contributed by atoms with Gasteiger partial charge in [0.25, 0.3) is 0 Å². The van der Waals surface area contributed by atoms with Gasteiger partial charge in [0.05, 0.1) is 11.3 Å². The second kappa shape index (κ2) is 4.31. The zero-order valence-corrected chi connectivity index (χ0v) is 10.4. The van der Waals surface area contributed by atoms with Gasteiger partial charge in [-0.3, -0.25) is 14.3 Å². The van der Waals surface area contributed by atoms with Gasteiger partial charge in [-0.15, -0.1) is 0 Å². The number of hydrogen-bond acceptors (Lipinski definition) is 3. The lowest BCUT2D eigenvalue weighted by atomic mass is 10.2. The molecule has 0 aliphatic heterocycles. The van der Waals surface area contributed by atoms with Crippen LogP contribution in [0, 0.1) is 13.8 Å². The van der Waals surface area contributed by atoms with Gasteiger partial charge < -0.3 is 4.90 Å². The molecule has 1 saturated carbocycles. The molecule has 0 saturated heterocycles. The van der Waals surface area contributed by atoms with Gasteiger partial charge in [-0.05, 0) is 26.7 Å². The van der Waals surface area contributed by atoms with Crippen LogP contribution in [-0.2, 0) is 11.3 Å². The Bertz CT molecular complexity index is 461. The van der Waals surface area contributed by atoms with Crippen LogP contribution >= 0.6 is 0 Å². The summed E-state index contributed by atoms with van der Waals surface area (Å²) in [6.45, 7) is 3.81. The van der Waals surface area contributed by atoms with Crippen LogP contribution in [0.4, 0.5) is 0 Å². The number of amides is 1. The lowest BCUT2D eigenvalue weighted by molar-refractivity contribution is -0.131. The summed E-state index contributed by atoms with van der Waals surface area (Å²) in [5.41, 5.74) is 2.03. The number of nitrogens with zero attached hydrogens (tertiary/aromatic N) is 3. The average Bonchev–Trinajstić information content (AvgIpc) is 3.07. The maximum absolute atomic E-state index is 11.9. The minimum absolute atomic E-state index is 0.0514. The molecule has 5 heteroatoms. The van der Waals surface area contributed by atoms with Gasteiger partial charge in [0.2, 0.25) is 5.91 Å². The first-order chi connectivity index (χ1) is 8.04. The summed E-state index contributed by atoms with van der Waals surface area (Å²) in [6.07, 6.45) is 2.99. The molecule has 0 aromatic carbocycles. The van der Waals surface area contributed by atoms with Gasteiger partial charge in [0, 0.05) is 18.8 Å². The highest BCUT2D eigenvalue weighted by Gasteiger charge is 2.29. The van der Waals surface area contributed by atoms with E-state index in [1.807, 2.05) is 14.0 Å². The molecule has 0 atom stereocenters. The van der Waals surface area contributed by atoms with E-state index in [1.165, 1.54) is 0 Å². The second-order valence-electron chi connectivity index (χ2n) is 4.60. The standard InChI is InChI=1S/C12H17N3O2/c1-8-11(7-16)9(2)15(13-8)6-12(17)14(3)10-4-5-10/h7,10H,4-6H2,1-3H3. The Morgan fingerprint density at radius 3 is 2.65 bits per heavy atom. The summed E-state index contributed by atoms with van der Waals surface area (Å²) in [5, 5.41) is 4.22. The molecule has 1 heterocycles. The van der Waals surface area contributed by atoms with E-state index in [4.69, 9.17) is 0 Å². The Morgan fingerprint density at radius 1 is 1.53 bits per heavy atom. The Hall–Kier alpha value is -1.65. The molecule has 1 fully saturated rings. The number of aldehydes is 1. The number of rotatable bonds is 4. The minimum atomic E-state index is 0.0514. The fourth-order valence-electron chi connectivity index (χ4n) is 1.94. The molecule has 1 aromatic rings. The van der Waals surface area contributed by atoms with Gasteiger partial charge in [0.1, 0.15) is 6.54 Å². The summed E-state index contributed by atoms with van der Waals surface area (Å²) in [6, 6.07) is 0.407. The highest BCUT2D eigenvalue weighted by molar-refractivity contribution is 5.79. The van der Waals surface area contributed by atoms with E-state index in [2.05, 4.69) is 5.10 Å². The van der Waals surface area contributed by atoms with Crippen LogP contribution < -0.4 is 0 Å². The second-order valence-corrected chi connectivity index (χ2v) is 4.60. The Morgan fingerprint density at radius 2 is 2.18 bits per heavy atom. The zero-order chi connectivity index (χ0) is 12.6. The van der Waals surface area contributed by atoms with Crippen LogP contribution in [0.3, 0.4) is 0 Å². The molecule has 0 bridgehead atoms. The smallest absolute Gasteiger partial charge is 0.244 e. The number of hydrogen-bond donors (Lipinski definition) is 0. The van der Waals surface area contributed by atoms with E-state index in [9.17, 15) is 9.59 Å². The summed E-state index contributed by atoms with van der Waals surface area (Å²) in [4.78, 5) is 24.6. The molecule has 1 aliphatic rings. The van der Waals surface area contributed by atoms with Crippen LogP contribution in [0.15, 0.2) is 0 Å². The van der Waals surface area contributed by atoms with Gasteiger partial charge in [-0.2, -0.15) is 5.10 Å². The third-order valence-corrected chi connectivity index (χ3v) is 3.33. The maximum atomic E-state index is 11.9. The molecule has 92 valence electrons. The molecule has 2 rings (SSSR count). The predicted octanol–water partition coefficient (Wildman–Crippen LogP) is 0.933. The molecule has 1 amide bonds. The molecule has 0 unspecified atom stereocenters. The predicted molar refractivity (Wildman–Crippen MR) is 62.9 cm³/mol. The molecule has 1 aromatic heterocycles. The summed E-state index contributed by atoms with van der Waals surface area (Å²) in [5.74, 6) is 0.0514. The van der Waals surface area contributed by atoms with Crippen molar-refractivity contribution in [3.8, 4) is 0 Å². The van der Waals surface area contributed by atoms with Crippen molar-refractivity contribution < 1.29 is 9.59 Å². The minimum Gasteiger partial charge on any atom is -0.341 e. The van der Waals surface area contributed by atoms with E-state index in [-0.39, 0.29) is 12.5 Å². The molecular weight excluding hydrogens is 218 g/mol. The average molecular weight is 235 g/mol. The molecular formula is C12H17N3O2. The largest absolute Gasteiger partial charge is 0.341 e. The van der Waals surface area contributed by atoms with Gasteiger partial charge in [-0.25, -0.2) is 0 Å². The fourth-order valence-corrected chi connectivity index (χ4v) is 1.94. The third kappa shape index (κ3) is 2.23. The summed E-state index contributed by atoms with van der Waals surface area (Å²) >= 11 is 0. The summed E-state index contributed by atoms with van der Waals surface area (Å²) in [7, 11) is 1.83. The first-order valence-electron chi connectivity index (χ1n) is 5.79. The monoisotopic (exact) mass is 235 g/mol. The SMILES string of the molecule is Cc1nn(CC(=O)N(C)C2CC2)c(C)c1C=O. The highest BCUT2D eigenvalue weighted by Crippen LogP contribution is 2.25. The number of aromatic nitrogens is 2. The van der Waals surface area contributed by atoms with Crippen molar-refractivity contribution in [3.63, 3.8) is 0 Å². The van der Waals surface area contributed by atoms with Crippen molar-refractivity contribution in [2.24, 2.45) is 0 Å². The van der Waals surface area contributed by atoms with Gasteiger partial charge >= 0.3 is 0 Å². The van der Waals surface area contributed by atoms with Crippen molar-refractivity contribution >= 4 is 12.2 Å².